The Labute approximate surface area is 84.9 Å². The molecule has 0 aromatic heterocycles. The highest BCUT2D eigenvalue weighted by molar-refractivity contribution is 5.66. The summed E-state index contributed by atoms with van der Waals surface area (Å²) in [4.78, 5) is 10.2. The van der Waals surface area contributed by atoms with E-state index in [1.165, 1.54) is 0 Å². The maximum Gasteiger partial charge on any atom is 0.303 e. The van der Waals surface area contributed by atoms with Crippen LogP contribution in [-0.2, 0) is 9.53 Å². The quantitative estimate of drug-likeness (QED) is 0.528. The zero-order valence-electron chi connectivity index (χ0n) is 8.57. The van der Waals surface area contributed by atoms with Crippen molar-refractivity contribution >= 4 is 5.97 Å². The number of aliphatic hydroxyl groups is 1. The van der Waals surface area contributed by atoms with Gasteiger partial charge < -0.3 is 14.9 Å². The number of hydrogen-bond acceptors (Lipinski definition) is 3. The molecule has 4 nitrogen and oxygen atoms in total. The Kier molecular flexibility index (Phi) is 10.0. The average Bonchev–Trinajstić information content (AvgIpc) is 2.15. The molecule has 0 radical (unpaired) electrons. The summed E-state index contributed by atoms with van der Waals surface area (Å²) in [7, 11) is 0. The molecule has 0 aliphatic carbocycles. The molecule has 4 heteroatoms. The van der Waals surface area contributed by atoms with E-state index in [2.05, 4.69) is 0 Å². The van der Waals surface area contributed by atoms with Crippen LogP contribution in [0, 0.1) is 0 Å². The van der Waals surface area contributed by atoms with Gasteiger partial charge in [-0.1, -0.05) is 6.42 Å². The van der Waals surface area contributed by atoms with Crippen LogP contribution in [-0.4, -0.2) is 36.0 Å². The molecular formula is C10H20O4. The van der Waals surface area contributed by atoms with Crippen molar-refractivity contribution in [3.63, 3.8) is 0 Å². The van der Waals surface area contributed by atoms with E-state index in [0.717, 1.165) is 32.1 Å². The average molecular weight is 204 g/mol. The first-order chi connectivity index (χ1) is 6.77. The Morgan fingerprint density at radius 1 is 1.00 bits per heavy atom. The van der Waals surface area contributed by atoms with Crippen LogP contribution in [0.5, 0.6) is 0 Å². The summed E-state index contributed by atoms with van der Waals surface area (Å²) in [5, 5.41) is 16.8. The molecular weight excluding hydrogens is 184 g/mol. The molecule has 0 fully saturated rings. The maximum absolute atomic E-state index is 10.2. The van der Waals surface area contributed by atoms with Gasteiger partial charge in [0.25, 0.3) is 0 Å². The van der Waals surface area contributed by atoms with Crippen molar-refractivity contribution in [2.24, 2.45) is 0 Å². The van der Waals surface area contributed by atoms with Gasteiger partial charge in [0.1, 0.15) is 0 Å². The number of carbonyl (C=O) groups is 1. The van der Waals surface area contributed by atoms with Crippen molar-refractivity contribution in [3.8, 4) is 0 Å². The van der Waals surface area contributed by atoms with Gasteiger partial charge in [0.2, 0.25) is 0 Å². The van der Waals surface area contributed by atoms with Crippen LogP contribution in [0.15, 0.2) is 0 Å². The molecule has 0 saturated heterocycles. The second-order valence-corrected chi connectivity index (χ2v) is 3.25. The second kappa shape index (κ2) is 10.5. The molecule has 0 aliphatic rings. The lowest BCUT2D eigenvalue weighted by atomic mass is 10.2. The summed E-state index contributed by atoms with van der Waals surface area (Å²) in [6.45, 7) is 1.62. The minimum absolute atomic E-state index is 0.224. The molecule has 0 rings (SSSR count). The molecule has 14 heavy (non-hydrogen) atoms. The third kappa shape index (κ3) is 11.4. The van der Waals surface area contributed by atoms with Gasteiger partial charge in [0, 0.05) is 26.2 Å². The normalized spacial score (nSPS) is 10.4. The molecule has 0 heterocycles. The van der Waals surface area contributed by atoms with Crippen LogP contribution in [0.4, 0.5) is 0 Å². The zero-order valence-corrected chi connectivity index (χ0v) is 8.57. The van der Waals surface area contributed by atoms with Crippen molar-refractivity contribution in [3.05, 3.63) is 0 Å². The SMILES string of the molecule is O=C(O)CCCCCOCCCCO. The Hall–Kier alpha value is -0.610. The van der Waals surface area contributed by atoms with E-state index in [-0.39, 0.29) is 13.0 Å². The van der Waals surface area contributed by atoms with Crippen molar-refractivity contribution < 1.29 is 19.7 Å². The van der Waals surface area contributed by atoms with E-state index in [9.17, 15) is 4.79 Å². The second-order valence-electron chi connectivity index (χ2n) is 3.25. The molecule has 0 saturated carbocycles. The molecule has 0 amide bonds. The van der Waals surface area contributed by atoms with E-state index >= 15 is 0 Å². The molecule has 0 atom stereocenters. The van der Waals surface area contributed by atoms with Crippen molar-refractivity contribution in [2.75, 3.05) is 19.8 Å². The minimum Gasteiger partial charge on any atom is -0.481 e. The number of carboxylic acids is 1. The van der Waals surface area contributed by atoms with Crippen LogP contribution in [0.25, 0.3) is 0 Å². The third-order valence-corrected chi connectivity index (χ3v) is 1.88. The van der Waals surface area contributed by atoms with E-state index in [1.807, 2.05) is 0 Å². The largest absolute Gasteiger partial charge is 0.481 e. The fraction of sp³-hybridized carbons (Fsp3) is 0.900. The monoisotopic (exact) mass is 204 g/mol. The Balaban J connectivity index is 2.88. The van der Waals surface area contributed by atoms with Gasteiger partial charge in [-0.15, -0.1) is 0 Å². The predicted octanol–water partition coefficient (Wildman–Crippen LogP) is 1.42. The summed E-state index contributed by atoms with van der Waals surface area (Å²) in [6.07, 6.45) is 4.50. The Morgan fingerprint density at radius 2 is 1.64 bits per heavy atom. The van der Waals surface area contributed by atoms with Gasteiger partial charge in [-0.05, 0) is 25.7 Å². The third-order valence-electron chi connectivity index (χ3n) is 1.88. The molecule has 2 N–H and O–H groups in total. The van der Waals surface area contributed by atoms with Gasteiger partial charge in [-0.2, -0.15) is 0 Å². The molecule has 0 aliphatic heterocycles. The summed E-state index contributed by atoms with van der Waals surface area (Å²) in [5.74, 6) is -0.728. The number of hydrogen-bond donors (Lipinski definition) is 2. The van der Waals surface area contributed by atoms with Crippen LogP contribution >= 0.6 is 0 Å². The number of unbranched alkanes of at least 4 members (excludes halogenated alkanes) is 3. The van der Waals surface area contributed by atoms with Crippen LogP contribution in [0.1, 0.15) is 38.5 Å². The Bertz CT molecular complexity index is 136. The maximum atomic E-state index is 10.2. The van der Waals surface area contributed by atoms with Gasteiger partial charge in [0.05, 0.1) is 0 Å². The molecule has 0 bridgehead atoms. The zero-order chi connectivity index (χ0) is 10.6. The van der Waals surface area contributed by atoms with Crippen molar-refractivity contribution in [2.45, 2.75) is 38.5 Å². The molecule has 0 unspecified atom stereocenters. The van der Waals surface area contributed by atoms with Crippen molar-refractivity contribution in [1.82, 2.24) is 0 Å². The highest BCUT2D eigenvalue weighted by Gasteiger charge is 1.96. The standard InChI is InChI=1S/C10H20O4/c11-7-3-5-9-14-8-4-1-2-6-10(12)13/h11H,1-9H2,(H,12,13). The first-order valence-electron chi connectivity index (χ1n) is 5.17. The summed E-state index contributed by atoms with van der Waals surface area (Å²) < 4.78 is 5.28. The fourth-order valence-corrected chi connectivity index (χ4v) is 1.08. The lowest BCUT2D eigenvalue weighted by Crippen LogP contribution is -1.99. The van der Waals surface area contributed by atoms with E-state index in [0.29, 0.717) is 13.2 Å². The van der Waals surface area contributed by atoms with E-state index < -0.39 is 5.97 Å². The number of carboxylic acid groups (broad SMARTS) is 1. The predicted molar refractivity (Wildman–Crippen MR) is 53.2 cm³/mol. The summed E-state index contributed by atoms with van der Waals surface area (Å²) in [6, 6.07) is 0. The van der Waals surface area contributed by atoms with Crippen LogP contribution in [0.2, 0.25) is 0 Å². The topological polar surface area (TPSA) is 66.8 Å². The van der Waals surface area contributed by atoms with Gasteiger partial charge in [-0.3, -0.25) is 4.79 Å². The first-order valence-corrected chi connectivity index (χ1v) is 5.17. The smallest absolute Gasteiger partial charge is 0.303 e. The summed E-state index contributed by atoms with van der Waals surface area (Å²) in [5.41, 5.74) is 0. The highest BCUT2D eigenvalue weighted by Crippen LogP contribution is 2.00. The molecule has 84 valence electrons. The van der Waals surface area contributed by atoms with Gasteiger partial charge >= 0.3 is 5.97 Å². The number of ether oxygens (including phenoxy) is 1. The number of aliphatic carboxylic acids is 1. The Morgan fingerprint density at radius 3 is 2.21 bits per heavy atom. The van der Waals surface area contributed by atoms with Crippen LogP contribution < -0.4 is 0 Å². The summed E-state index contributed by atoms with van der Waals surface area (Å²) >= 11 is 0. The molecule has 0 aromatic rings. The van der Waals surface area contributed by atoms with Crippen LogP contribution in [0.3, 0.4) is 0 Å². The highest BCUT2D eigenvalue weighted by atomic mass is 16.5. The first kappa shape index (κ1) is 13.4. The number of aliphatic hydroxyl groups excluding tert-OH is 1. The molecule has 0 aromatic carbocycles. The minimum atomic E-state index is -0.728. The lowest BCUT2D eigenvalue weighted by Gasteiger charge is -2.02. The lowest BCUT2D eigenvalue weighted by molar-refractivity contribution is -0.137. The van der Waals surface area contributed by atoms with E-state index in [1.54, 1.807) is 0 Å². The number of rotatable bonds is 10. The van der Waals surface area contributed by atoms with Gasteiger partial charge in [0.15, 0.2) is 0 Å². The fourth-order valence-electron chi connectivity index (χ4n) is 1.08. The van der Waals surface area contributed by atoms with E-state index in [4.69, 9.17) is 14.9 Å². The van der Waals surface area contributed by atoms with Gasteiger partial charge in [-0.25, -0.2) is 0 Å². The molecule has 0 spiro atoms. The van der Waals surface area contributed by atoms with Crippen molar-refractivity contribution in [1.29, 1.82) is 0 Å².